The van der Waals surface area contributed by atoms with Crippen LogP contribution in [0.5, 0.6) is 5.75 Å². The first-order valence-corrected chi connectivity index (χ1v) is 3.20. The van der Waals surface area contributed by atoms with Gasteiger partial charge in [-0.3, -0.25) is 0 Å². The van der Waals surface area contributed by atoms with Gasteiger partial charge >= 0.3 is 6.61 Å². The first-order valence-electron chi connectivity index (χ1n) is 3.20. The normalized spacial score (nSPS) is 10.1. The van der Waals surface area contributed by atoms with Crippen LogP contribution in [0.2, 0.25) is 0 Å². The van der Waals surface area contributed by atoms with Crippen LogP contribution < -0.4 is 10.2 Å². The van der Waals surface area contributed by atoms with Crippen molar-refractivity contribution in [3.05, 3.63) is 24.3 Å². The van der Waals surface area contributed by atoms with Gasteiger partial charge in [0, 0.05) is 0 Å². The molecule has 1 aromatic rings. The molecule has 0 spiro atoms. The van der Waals surface area contributed by atoms with E-state index in [4.69, 9.17) is 0 Å². The molecule has 0 saturated heterocycles. The average molecular weight is 156 g/mol. The van der Waals surface area contributed by atoms with E-state index in [1.54, 1.807) is 12.1 Å². The molecule has 0 fully saturated rings. The summed E-state index contributed by atoms with van der Waals surface area (Å²) >= 11 is 0. The molecule has 1 aromatic carbocycles. The van der Waals surface area contributed by atoms with E-state index in [1.165, 1.54) is 6.07 Å². The van der Waals surface area contributed by atoms with E-state index in [-0.39, 0.29) is 5.75 Å². The zero-order valence-electron chi connectivity index (χ0n) is 6.05. The molecule has 0 N–H and O–H groups in total. The fourth-order valence-corrected chi connectivity index (χ4v) is 0.792. The van der Waals surface area contributed by atoms with Crippen LogP contribution in [-0.2, 0) is 0 Å². The molecule has 0 aliphatic rings. The van der Waals surface area contributed by atoms with Crippen molar-refractivity contribution < 1.29 is 13.5 Å². The summed E-state index contributed by atoms with van der Waals surface area (Å²) in [5, 5.41) is 0. The largest absolute Gasteiger partial charge is 0.435 e. The lowest BCUT2D eigenvalue weighted by Crippen LogP contribution is -2.06. The summed E-state index contributed by atoms with van der Waals surface area (Å²) in [6.45, 7) is -2.74. The molecule has 0 atom stereocenters. The Hall–Kier alpha value is -1.06. The third-order valence-electron chi connectivity index (χ3n) is 1.21. The van der Waals surface area contributed by atoms with E-state index in [0.717, 1.165) is 5.46 Å². The van der Waals surface area contributed by atoms with Crippen LogP contribution in [-0.4, -0.2) is 14.5 Å². The van der Waals surface area contributed by atoms with Gasteiger partial charge in [-0.1, -0.05) is 17.6 Å². The van der Waals surface area contributed by atoms with Gasteiger partial charge in [0.2, 0.25) is 0 Å². The summed E-state index contributed by atoms with van der Waals surface area (Å²) in [7, 11) is 1.82. The van der Waals surface area contributed by atoms with Crippen LogP contribution in [0.1, 0.15) is 0 Å². The van der Waals surface area contributed by atoms with Crippen LogP contribution in [0.4, 0.5) is 8.78 Å². The molecular weight excluding hydrogens is 149 g/mol. The van der Waals surface area contributed by atoms with E-state index in [2.05, 4.69) is 4.74 Å². The molecule has 0 bridgehead atoms. The topological polar surface area (TPSA) is 9.23 Å². The van der Waals surface area contributed by atoms with Crippen molar-refractivity contribution in [3.63, 3.8) is 0 Å². The Morgan fingerprint density at radius 3 is 2.64 bits per heavy atom. The van der Waals surface area contributed by atoms with Crippen LogP contribution in [0.3, 0.4) is 0 Å². The lowest BCUT2D eigenvalue weighted by atomic mass is 9.96. The Morgan fingerprint density at radius 1 is 1.36 bits per heavy atom. The number of hydrogen-bond acceptors (Lipinski definition) is 1. The smallest absolute Gasteiger partial charge is 0.387 e. The summed E-state index contributed by atoms with van der Waals surface area (Å²) in [4.78, 5) is 0. The van der Waals surface area contributed by atoms with Crippen molar-refractivity contribution in [3.8, 4) is 5.75 Å². The van der Waals surface area contributed by atoms with Gasteiger partial charge in [-0.2, -0.15) is 8.78 Å². The zero-order chi connectivity index (χ0) is 8.27. The maximum atomic E-state index is 11.6. The Balaban J connectivity index is 2.71. The molecule has 0 aliphatic heterocycles. The first-order chi connectivity index (χ1) is 5.18. The Kier molecular flexibility index (Phi) is 2.46. The first kappa shape index (κ1) is 8.05. The standard InChI is InChI=1S/C7H7BF2O/c8-5-2-1-3-6(4-5)11-7(9)10/h1-4,7H,8H2. The second-order valence-electron chi connectivity index (χ2n) is 2.20. The van der Waals surface area contributed by atoms with Gasteiger partial charge in [-0.25, -0.2) is 0 Å². The highest BCUT2D eigenvalue weighted by atomic mass is 19.3. The lowest BCUT2D eigenvalue weighted by Gasteiger charge is -2.03. The number of alkyl halides is 2. The molecule has 0 aliphatic carbocycles. The van der Waals surface area contributed by atoms with E-state index in [0.29, 0.717) is 0 Å². The predicted octanol–water partition coefficient (Wildman–Crippen LogP) is 0.546. The van der Waals surface area contributed by atoms with Gasteiger partial charge in [0.15, 0.2) is 0 Å². The van der Waals surface area contributed by atoms with Crippen molar-refractivity contribution in [1.29, 1.82) is 0 Å². The minimum absolute atomic E-state index is 0.208. The molecule has 0 saturated carbocycles. The average Bonchev–Trinajstić information content (AvgIpc) is 1.85. The van der Waals surface area contributed by atoms with E-state index in [1.807, 2.05) is 13.9 Å². The van der Waals surface area contributed by atoms with Gasteiger partial charge in [0.05, 0.1) is 0 Å². The molecule has 0 amide bonds. The highest BCUT2D eigenvalue weighted by Gasteiger charge is 2.02. The van der Waals surface area contributed by atoms with Crippen LogP contribution in [0, 0.1) is 0 Å². The molecular formula is C7H7BF2O. The Morgan fingerprint density at radius 2 is 2.09 bits per heavy atom. The van der Waals surface area contributed by atoms with Crippen LogP contribution in [0.25, 0.3) is 0 Å². The summed E-state index contributed by atoms with van der Waals surface area (Å²) in [6, 6.07) is 6.55. The molecule has 0 radical (unpaired) electrons. The fourth-order valence-electron chi connectivity index (χ4n) is 0.792. The van der Waals surface area contributed by atoms with Crippen molar-refractivity contribution in [2.75, 3.05) is 0 Å². The van der Waals surface area contributed by atoms with E-state index >= 15 is 0 Å². The molecule has 58 valence electrons. The number of hydrogen-bond donors (Lipinski definition) is 0. The van der Waals surface area contributed by atoms with Gasteiger partial charge in [-0.05, 0) is 12.1 Å². The molecule has 0 heterocycles. The monoisotopic (exact) mass is 156 g/mol. The maximum absolute atomic E-state index is 11.6. The van der Waals surface area contributed by atoms with Gasteiger partial charge in [0.1, 0.15) is 13.6 Å². The molecule has 1 nitrogen and oxygen atoms in total. The Bertz CT molecular complexity index is 240. The lowest BCUT2D eigenvalue weighted by molar-refractivity contribution is -0.0497. The van der Waals surface area contributed by atoms with Gasteiger partial charge in [-0.15, -0.1) is 0 Å². The molecule has 11 heavy (non-hydrogen) atoms. The van der Waals surface area contributed by atoms with Crippen molar-refractivity contribution in [2.45, 2.75) is 6.61 Å². The SMILES string of the molecule is Bc1cccc(OC(F)F)c1. The minimum Gasteiger partial charge on any atom is -0.435 e. The van der Waals surface area contributed by atoms with Gasteiger partial charge < -0.3 is 4.74 Å². The second kappa shape index (κ2) is 3.37. The van der Waals surface area contributed by atoms with E-state index in [9.17, 15) is 8.78 Å². The molecule has 0 aromatic heterocycles. The third kappa shape index (κ3) is 2.57. The van der Waals surface area contributed by atoms with Crippen LogP contribution >= 0.6 is 0 Å². The van der Waals surface area contributed by atoms with Crippen LogP contribution in [0.15, 0.2) is 24.3 Å². The van der Waals surface area contributed by atoms with E-state index < -0.39 is 6.61 Å². The predicted molar refractivity (Wildman–Crippen MR) is 41.3 cm³/mol. The van der Waals surface area contributed by atoms with Crippen molar-refractivity contribution in [1.82, 2.24) is 0 Å². The van der Waals surface area contributed by atoms with Crippen molar-refractivity contribution in [2.24, 2.45) is 0 Å². The summed E-state index contributed by atoms with van der Waals surface area (Å²) < 4.78 is 27.4. The highest BCUT2D eigenvalue weighted by molar-refractivity contribution is 6.32. The summed E-state index contributed by atoms with van der Waals surface area (Å²) in [6.07, 6.45) is 0. The number of halogens is 2. The Labute approximate surface area is 64.4 Å². The quantitative estimate of drug-likeness (QED) is 0.568. The summed E-state index contributed by atoms with van der Waals surface area (Å²) in [5.74, 6) is 0.208. The third-order valence-corrected chi connectivity index (χ3v) is 1.21. The molecule has 4 heteroatoms. The van der Waals surface area contributed by atoms with Crippen molar-refractivity contribution >= 4 is 13.3 Å². The van der Waals surface area contributed by atoms with Gasteiger partial charge in [0.25, 0.3) is 0 Å². The zero-order valence-corrected chi connectivity index (χ0v) is 6.05. The number of rotatable bonds is 2. The number of ether oxygens (including phenoxy) is 1. The maximum Gasteiger partial charge on any atom is 0.387 e. The second-order valence-corrected chi connectivity index (χ2v) is 2.20. The molecule has 0 unspecified atom stereocenters. The fraction of sp³-hybridized carbons (Fsp3) is 0.143. The summed E-state index contributed by atoms with van der Waals surface area (Å²) in [5.41, 5.74) is 0.906. The molecule has 1 rings (SSSR count). The highest BCUT2D eigenvalue weighted by Crippen LogP contribution is 2.10. The minimum atomic E-state index is -2.74. The number of benzene rings is 1.